The van der Waals surface area contributed by atoms with Gasteiger partial charge in [-0.2, -0.15) is 0 Å². The summed E-state index contributed by atoms with van der Waals surface area (Å²) in [5.74, 6) is -0.349. The van der Waals surface area contributed by atoms with Gasteiger partial charge in [0.2, 0.25) is 0 Å². The van der Waals surface area contributed by atoms with Crippen molar-refractivity contribution in [3.63, 3.8) is 0 Å². The molecule has 1 aromatic heterocycles. The van der Waals surface area contributed by atoms with Crippen LogP contribution in [0.1, 0.15) is 43.8 Å². The summed E-state index contributed by atoms with van der Waals surface area (Å²) < 4.78 is 4.92. The van der Waals surface area contributed by atoms with Gasteiger partial charge in [0.1, 0.15) is 0 Å². The molecule has 1 amide bonds. The molecule has 2 rings (SSSR count). The molecule has 0 fully saturated rings. The Hall–Kier alpha value is -3.20. The van der Waals surface area contributed by atoms with E-state index in [-0.39, 0.29) is 45.9 Å². The van der Waals surface area contributed by atoms with E-state index in [4.69, 9.17) is 27.3 Å². The second-order valence-corrected chi connectivity index (χ2v) is 6.38. The van der Waals surface area contributed by atoms with Crippen LogP contribution < -0.4 is 5.43 Å². The maximum absolute atomic E-state index is 11.5. The number of furan rings is 1. The van der Waals surface area contributed by atoms with Gasteiger partial charge in [0, 0.05) is 29.2 Å². The van der Waals surface area contributed by atoms with Gasteiger partial charge in [0.05, 0.1) is 17.8 Å². The molecule has 1 heterocycles. The molecule has 1 aromatic carbocycles. The molecule has 0 unspecified atom stereocenters. The minimum absolute atomic E-state index is 0. The van der Waals surface area contributed by atoms with E-state index in [0.29, 0.717) is 5.04 Å². The summed E-state index contributed by atoms with van der Waals surface area (Å²) in [4.78, 5) is 31.5. The zero-order valence-corrected chi connectivity index (χ0v) is 20.0. The second kappa shape index (κ2) is 17.5. The van der Waals surface area contributed by atoms with Crippen molar-refractivity contribution >= 4 is 35.1 Å². The summed E-state index contributed by atoms with van der Waals surface area (Å²) in [6, 6.07) is 12.4. The van der Waals surface area contributed by atoms with E-state index in [1.165, 1.54) is 46.1 Å². The van der Waals surface area contributed by atoms with Crippen LogP contribution in [0.5, 0.6) is 0 Å². The number of hydrazone groups is 1. The molecule has 0 aliphatic rings. The van der Waals surface area contributed by atoms with Gasteiger partial charge in [-0.15, -0.1) is 0 Å². The number of nitrogens with one attached hydrogen (secondary N) is 1. The van der Waals surface area contributed by atoms with Crippen LogP contribution >= 0.6 is 0 Å². The number of aliphatic hydroxyl groups excluding tert-OH is 2. The van der Waals surface area contributed by atoms with Gasteiger partial charge in [0.25, 0.3) is 0 Å². The molecule has 0 aliphatic carbocycles. The number of amides is 1. The largest absolute Gasteiger partial charge is 0.758 e. The molecule has 8 nitrogen and oxygen atoms in total. The Kier molecular flexibility index (Phi) is 16.9. The average Bonchev–Trinajstić information content (AvgIpc) is 3.20. The van der Waals surface area contributed by atoms with Crippen molar-refractivity contribution in [2.24, 2.45) is 5.10 Å². The molecule has 0 spiro atoms. The van der Waals surface area contributed by atoms with Crippen LogP contribution in [0.2, 0.25) is 0 Å². The van der Waals surface area contributed by atoms with Gasteiger partial charge < -0.3 is 27.3 Å². The first-order valence-corrected chi connectivity index (χ1v) is 9.33. The van der Waals surface area contributed by atoms with Crippen LogP contribution in [0, 0.1) is 0 Å². The molecule has 0 saturated heterocycles. The molecule has 1 radical (unpaired) electrons. The topological polar surface area (TPSA) is 129 Å². The molecule has 2 aromatic rings. The Morgan fingerprint density at radius 2 is 1.41 bits per heavy atom. The Morgan fingerprint density at radius 1 is 0.906 bits per heavy atom. The van der Waals surface area contributed by atoms with Crippen molar-refractivity contribution in [1.82, 2.24) is 5.43 Å². The molecular weight excluding hydrogens is 475 g/mol. The summed E-state index contributed by atoms with van der Waals surface area (Å²) in [7, 11) is 0. The van der Waals surface area contributed by atoms with E-state index in [2.05, 4.69) is 10.5 Å². The van der Waals surface area contributed by atoms with E-state index < -0.39 is 5.91 Å². The van der Waals surface area contributed by atoms with Gasteiger partial charge in [-0.25, -0.2) is 10.5 Å². The third-order valence-electron chi connectivity index (χ3n) is 2.85. The molecule has 32 heavy (non-hydrogen) atoms. The quantitative estimate of drug-likeness (QED) is 0.108. The molecule has 0 aliphatic heterocycles. The van der Waals surface area contributed by atoms with Crippen LogP contribution in [-0.4, -0.2) is 32.7 Å². The van der Waals surface area contributed by atoms with E-state index in [9.17, 15) is 14.4 Å². The van der Waals surface area contributed by atoms with Crippen molar-refractivity contribution in [1.29, 1.82) is 0 Å². The summed E-state index contributed by atoms with van der Waals surface area (Å²) in [5, 5.41) is 20.9. The number of ketones is 2. The smallest absolute Gasteiger partial charge is 0.306 e. The fourth-order valence-corrected chi connectivity index (χ4v) is 1.98. The predicted molar refractivity (Wildman–Crippen MR) is 121 cm³/mol. The Balaban J connectivity index is 0. The maximum atomic E-state index is 11.5. The molecule has 173 valence electrons. The van der Waals surface area contributed by atoms with Crippen molar-refractivity contribution in [3.05, 3.63) is 83.7 Å². The SMILES string of the molecule is CC(=O)/C=C(\C)O.CC(=O)/C=C(\C)O.O=C(N/N=C(\[S-])c1ccccc1)c1ccco1.[Mn]. The third-order valence-corrected chi connectivity index (χ3v) is 3.18. The summed E-state index contributed by atoms with van der Waals surface area (Å²) in [5.41, 5.74) is 3.11. The van der Waals surface area contributed by atoms with Gasteiger partial charge in [0.15, 0.2) is 17.3 Å². The number of carbonyl (C=O) groups excluding carboxylic acids is 3. The van der Waals surface area contributed by atoms with Crippen molar-refractivity contribution in [3.8, 4) is 0 Å². The number of allylic oxidation sites excluding steroid dienone is 4. The van der Waals surface area contributed by atoms with E-state index in [1.807, 2.05) is 30.3 Å². The first-order chi connectivity index (χ1) is 14.5. The summed E-state index contributed by atoms with van der Waals surface area (Å²) in [6.07, 6.45) is 3.75. The van der Waals surface area contributed by atoms with Gasteiger partial charge in [-0.05, 0) is 45.4 Å². The molecular formula is C22H25MnN2O6S-. The third kappa shape index (κ3) is 16.6. The predicted octanol–water partition coefficient (Wildman–Crippen LogP) is 3.99. The number of rotatable bonds is 5. The maximum Gasteiger partial charge on any atom is 0.306 e. The van der Waals surface area contributed by atoms with Gasteiger partial charge in [-0.1, -0.05) is 35.4 Å². The van der Waals surface area contributed by atoms with Crippen LogP contribution in [0.25, 0.3) is 0 Å². The molecule has 0 bridgehead atoms. The Morgan fingerprint density at radius 3 is 1.75 bits per heavy atom. The van der Waals surface area contributed by atoms with Crippen LogP contribution in [0.4, 0.5) is 0 Å². The van der Waals surface area contributed by atoms with Crippen molar-refractivity contribution in [2.45, 2.75) is 27.7 Å². The Bertz CT molecular complexity index is 903. The van der Waals surface area contributed by atoms with Crippen molar-refractivity contribution < 1.29 is 46.1 Å². The summed E-state index contributed by atoms with van der Waals surface area (Å²) in [6.45, 7) is 5.70. The van der Waals surface area contributed by atoms with Crippen LogP contribution in [0.3, 0.4) is 0 Å². The normalized spacial score (nSPS) is 10.9. The Labute approximate surface area is 203 Å². The fourth-order valence-electron chi connectivity index (χ4n) is 1.80. The average molecular weight is 500 g/mol. The van der Waals surface area contributed by atoms with E-state index in [1.54, 1.807) is 12.1 Å². The number of nitrogens with zero attached hydrogens (tertiary/aromatic N) is 1. The minimum Gasteiger partial charge on any atom is -0.758 e. The monoisotopic (exact) mass is 500 g/mol. The summed E-state index contributed by atoms with van der Waals surface area (Å²) >= 11 is 5.06. The van der Waals surface area contributed by atoms with E-state index in [0.717, 1.165) is 5.56 Å². The minimum atomic E-state index is -0.423. The zero-order chi connectivity index (χ0) is 23.8. The number of benzene rings is 1. The number of hydrogen-bond donors (Lipinski definition) is 3. The van der Waals surface area contributed by atoms with Crippen molar-refractivity contribution in [2.75, 3.05) is 0 Å². The number of carbonyl (C=O) groups is 3. The number of aliphatic hydroxyl groups is 2. The fraction of sp³-hybridized carbons (Fsp3) is 0.182. The second-order valence-electron chi connectivity index (χ2n) is 5.99. The van der Waals surface area contributed by atoms with E-state index >= 15 is 0 Å². The standard InChI is InChI=1S/C12H10N2O2S.2C5H8O2.Mn/c15-11(10-7-4-8-16-10)13-14-12(17)9-5-2-1-3-6-9;2*1-4(6)3-5(2)7;/h1-8H,(H,13,15)(H,14,17);2*3,6H,1-2H3;/p-1/b;2*4-3+;. The molecule has 3 N–H and O–H groups in total. The molecule has 0 atom stereocenters. The van der Waals surface area contributed by atoms with Crippen LogP contribution in [-0.2, 0) is 39.3 Å². The van der Waals surface area contributed by atoms with Gasteiger partial charge in [-0.3, -0.25) is 14.4 Å². The first kappa shape index (κ1) is 31.0. The zero-order valence-electron chi connectivity index (χ0n) is 18.0. The molecule has 0 saturated carbocycles. The number of hydrogen-bond acceptors (Lipinski definition) is 8. The van der Waals surface area contributed by atoms with Crippen LogP contribution in [0.15, 0.2) is 81.9 Å². The first-order valence-electron chi connectivity index (χ1n) is 8.92. The molecule has 10 heteroatoms. The van der Waals surface area contributed by atoms with Gasteiger partial charge >= 0.3 is 5.91 Å².